The van der Waals surface area contributed by atoms with Gasteiger partial charge in [0.2, 0.25) is 0 Å². The quantitative estimate of drug-likeness (QED) is 0.281. The van der Waals surface area contributed by atoms with Crippen molar-refractivity contribution in [2.24, 2.45) is 0 Å². The van der Waals surface area contributed by atoms with Crippen molar-refractivity contribution in [1.29, 1.82) is 0 Å². The van der Waals surface area contributed by atoms with E-state index in [2.05, 4.69) is 29.6 Å². The van der Waals surface area contributed by atoms with Crippen molar-refractivity contribution in [2.75, 3.05) is 5.32 Å². The zero-order valence-corrected chi connectivity index (χ0v) is 20.4. The molecular weight excluding hydrogens is 488 g/mol. The molecule has 1 aromatic heterocycles. The molecule has 3 nitrogen and oxygen atoms in total. The van der Waals surface area contributed by atoms with Crippen LogP contribution in [0.5, 0.6) is 0 Å². The van der Waals surface area contributed by atoms with Gasteiger partial charge >= 0.3 is 6.09 Å². The Morgan fingerprint density at radius 3 is 2.20 bits per heavy atom. The lowest BCUT2D eigenvalue weighted by Gasteiger charge is -2.15. The minimum Gasteiger partial charge on any atom is -0.441 e. The molecule has 178 valence electrons. The Morgan fingerprint density at radius 1 is 0.943 bits per heavy atom. The van der Waals surface area contributed by atoms with E-state index in [1.54, 1.807) is 13.0 Å². The molecule has 0 bridgehead atoms. The van der Waals surface area contributed by atoms with Crippen molar-refractivity contribution in [3.63, 3.8) is 0 Å². The van der Waals surface area contributed by atoms with Crippen LogP contribution in [0.3, 0.4) is 0 Å². The molecule has 3 aromatic carbocycles. The van der Waals surface area contributed by atoms with Gasteiger partial charge in [0.1, 0.15) is 6.10 Å². The number of benzene rings is 3. The average molecular weight is 510 g/mol. The van der Waals surface area contributed by atoms with Crippen molar-refractivity contribution < 1.29 is 18.3 Å². The maximum absolute atomic E-state index is 13.5. The molecule has 0 aliphatic heterocycles. The molecular formula is C28H22ClF2NO2S. The standard InChI is InChI=1S/C28H22ClF2NO2S/c1-16(22-12-13-23(30)24(31)14-22)34-28(33)32-25-15-26(29)35-27(25)21-10-8-20(9-11-21)19-6-4-18(5-7-19)17-2-3-17/h4-17H,2-3H2,1H3,(H,32,33). The van der Waals surface area contributed by atoms with Crippen LogP contribution in [0.15, 0.2) is 72.8 Å². The van der Waals surface area contributed by atoms with Crippen LogP contribution in [-0.4, -0.2) is 6.09 Å². The molecule has 1 N–H and O–H groups in total. The minimum atomic E-state index is -0.993. The van der Waals surface area contributed by atoms with Crippen molar-refractivity contribution in [2.45, 2.75) is 31.8 Å². The third-order valence-electron chi connectivity index (χ3n) is 6.08. The highest BCUT2D eigenvalue weighted by Crippen LogP contribution is 2.42. The van der Waals surface area contributed by atoms with E-state index < -0.39 is 23.8 Å². The first-order chi connectivity index (χ1) is 16.9. The van der Waals surface area contributed by atoms with Gasteiger partial charge in [0.25, 0.3) is 0 Å². The summed E-state index contributed by atoms with van der Waals surface area (Å²) >= 11 is 7.60. The zero-order chi connectivity index (χ0) is 24.5. The van der Waals surface area contributed by atoms with Gasteiger partial charge in [0.15, 0.2) is 11.6 Å². The highest BCUT2D eigenvalue weighted by Gasteiger charge is 2.23. The van der Waals surface area contributed by atoms with Gasteiger partial charge in [-0.25, -0.2) is 13.6 Å². The van der Waals surface area contributed by atoms with Gasteiger partial charge in [-0.3, -0.25) is 5.32 Å². The highest BCUT2D eigenvalue weighted by atomic mass is 35.5. The summed E-state index contributed by atoms with van der Waals surface area (Å²) < 4.78 is 32.6. The normalized spacial score (nSPS) is 13.9. The minimum absolute atomic E-state index is 0.350. The second-order valence-electron chi connectivity index (χ2n) is 8.61. The first-order valence-corrected chi connectivity index (χ1v) is 12.5. The molecule has 0 spiro atoms. The fourth-order valence-electron chi connectivity index (χ4n) is 3.98. The second kappa shape index (κ2) is 9.80. The van der Waals surface area contributed by atoms with Crippen LogP contribution in [0, 0.1) is 11.6 Å². The van der Waals surface area contributed by atoms with Crippen LogP contribution in [-0.2, 0) is 4.74 Å². The number of nitrogens with one attached hydrogen (secondary N) is 1. The number of halogens is 3. The van der Waals surface area contributed by atoms with Gasteiger partial charge < -0.3 is 4.74 Å². The number of amides is 1. The summed E-state index contributed by atoms with van der Waals surface area (Å²) in [6.07, 6.45) is 1.08. The van der Waals surface area contributed by atoms with E-state index in [-0.39, 0.29) is 0 Å². The summed E-state index contributed by atoms with van der Waals surface area (Å²) in [5.74, 6) is -1.22. The molecule has 1 fully saturated rings. The number of rotatable bonds is 6. The number of thiophene rings is 1. The monoisotopic (exact) mass is 509 g/mol. The van der Waals surface area contributed by atoms with Crippen molar-refractivity contribution >= 4 is 34.7 Å². The first-order valence-electron chi connectivity index (χ1n) is 11.3. The van der Waals surface area contributed by atoms with Crippen molar-refractivity contribution in [1.82, 2.24) is 0 Å². The van der Waals surface area contributed by atoms with Gasteiger partial charge in [-0.1, -0.05) is 66.2 Å². The van der Waals surface area contributed by atoms with E-state index >= 15 is 0 Å². The number of carbonyl (C=O) groups is 1. The van der Waals surface area contributed by atoms with Crippen molar-refractivity contribution in [3.8, 4) is 21.6 Å². The number of hydrogen-bond acceptors (Lipinski definition) is 3. The van der Waals surface area contributed by atoms with E-state index in [1.165, 1.54) is 35.8 Å². The van der Waals surface area contributed by atoms with E-state index in [1.807, 2.05) is 24.3 Å². The predicted molar refractivity (Wildman–Crippen MR) is 137 cm³/mol. The Kier molecular flexibility index (Phi) is 6.58. The number of anilines is 1. The van der Waals surface area contributed by atoms with Gasteiger partial charge in [-0.15, -0.1) is 11.3 Å². The highest BCUT2D eigenvalue weighted by molar-refractivity contribution is 7.20. The molecule has 4 aromatic rings. The molecule has 0 saturated heterocycles. The molecule has 1 saturated carbocycles. The Labute approximate surface area is 211 Å². The third kappa shape index (κ3) is 5.39. The van der Waals surface area contributed by atoms with E-state index in [0.717, 1.165) is 39.6 Å². The summed E-state index contributed by atoms with van der Waals surface area (Å²) in [7, 11) is 0. The molecule has 1 aliphatic carbocycles. The zero-order valence-electron chi connectivity index (χ0n) is 18.9. The largest absolute Gasteiger partial charge is 0.441 e. The Balaban J connectivity index is 1.29. The summed E-state index contributed by atoms with van der Waals surface area (Å²) in [6.45, 7) is 1.59. The van der Waals surface area contributed by atoms with Gasteiger partial charge in [0.05, 0.1) is 14.9 Å². The lowest BCUT2D eigenvalue weighted by Crippen LogP contribution is -2.16. The predicted octanol–water partition coefficient (Wildman–Crippen LogP) is 9.20. The first kappa shape index (κ1) is 23.5. The van der Waals surface area contributed by atoms with Crippen LogP contribution < -0.4 is 5.32 Å². The van der Waals surface area contributed by atoms with E-state index in [0.29, 0.717) is 15.6 Å². The van der Waals surface area contributed by atoms with E-state index in [9.17, 15) is 13.6 Å². The molecule has 1 heterocycles. The molecule has 35 heavy (non-hydrogen) atoms. The lowest BCUT2D eigenvalue weighted by atomic mass is 10.0. The maximum Gasteiger partial charge on any atom is 0.412 e. The van der Waals surface area contributed by atoms with Gasteiger partial charge in [-0.2, -0.15) is 0 Å². The number of carbonyl (C=O) groups excluding carboxylic acids is 1. The van der Waals surface area contributed by atoms with Crippen LogP contribution in [0.4, 0.5) is 19.3 Å². The Bertz CT molecular complexity index is 1360. The van der Waals surface area contributed by atoms with Crippen LogP contribution >= 0.6 is 22.9 Å². The smallest absolute Gasteiger partial charge is 0.412 e. The van der Waals surface area contributed by atoms with Gasteiger partial charge in [-0.05, 0) is 71.7 Å². The molecule has 5 rings (SSSR count). The fraction of sp³-hybridized carbons (Fsp3) is 0.179. The molecule has 1 unspecified atom stereocenters. The molecule has 1 amide bonds. The Hall–Kier alpha value is -3.22. The summed E-state index contributed by atoms with van der Waals surface area (Å²) in [5.41, 5.74) is 5.43. The van der Waals surface area contributed by atoms with Crippen LogP contribution in [0.1, 0.15) is 42.9 Å². The average Bonchev–Trinajstić information content (AvgIpc) is 3.64. The van der Waals surface area contributed by atoms with Crippen LogP contribution in [0.2, 0.25) is 4.34 Å². The number of ether oxygens (including phenoxy) is 1. The summed E-state index contributed by atoms with van der Waals surface area (Å²) in [4.78, 5) is 13.3. The second-order valence-corrected chi connectivity index (χ2v) is 10.3. The summed E-state index contributed by atoms with van der Waals surface area (Å²) in [5, 5.41) is 2.72. The van der Waals surface area contributed by atoms with Gasteiger partial charge in [0, 0.05) is 0 Å². The maximum atomic E-state index is 13.5. The number of hydrogen-bond donors (Lipinski definition) is 1. The SMILES string of the molecule is CC(OC(=O)Nc1cc(Cl)sc1-c1ccc(-c2ccc(C3CC3)cc2)cc1)c1ccc(F)c(F)c1. The topological polar surface area (TPSA) is 38.3 Å². The molecule has 1 atom stereocenters. The fourth-order valence-corrected chi connectivity index (χ4v) is 5.17. The van der Waals surface area contributed by atoms with E-state index in [4.69, 9.17) is 16.3 Å². The third-order valence-corrected chi connectivity index (χ3v) is 7.39. The summed E-state index contributed by atoms with van der Waals surface area (Å²) in [6, 6.07) is 21.9. The van der Waals surface area contributed by atoms with Crippen molar-refractivity contribution in [3.05, 3.63) is 99.9 Å². The Morgan fingerprint density at radius 2 is 1.57 bits per heavy atom. The van der Waals surface area contributed by atoms with Crippen LogP contribution in [0.25, 0.3) is 21.6 Å². The molecule has 1 aliphatic rings. The molecule has 7 heteroatoms. The molecule has 0 radical (unpaired) electrons. The lowest BCUT2D eigenvalue weighted by molar-refractivity contribution is 0.121.